The summed E-state index contributed by atoms with van der Waals surface area (Å²) in [6.07, 6.45) is 0. The van der Waals surface area contributed by atoms with Gasteiger partial charge in [0.2, 0.25) is 0 Å². The number of hydrogen-bond acceptors (Lipinski definition) is 1. The number of para-hydroxylation sites is 1. The summed E-state index contributed by atoms with van der Waals surface area (Å²) in [6, 6.07) is 112. The second-order valence-corrected chi connectivity index (χ2v) is 23.1. The summed E-state index contributed by atoms with van der Waals surface area (Å²) in [4.78, 5) is 2.34. The van der Waals surface area contributed by atoms with Crippen LogP contribution in [0.4, 0.5) is 17.1 Å². The molecule has 1 aromatic heterocycles. The molecule has 1 heterocycles. The largest absolute Gasteiger partial charge is 0.311 e. The molecule has 14 aromatic rings. The average Bonchev–Trinajstić information content (AvgIpc) is 1.73. The summed E-state index contributed by atoms with van der Waals surface area (Å²) < 4.78 is 2.47. The van der Waals surface area contributed by atoms with E-state index in [0.29, 0.717) is 0 Å². The highest BCUT2D eigenvalue weighted by molar-refractivity contribution is 6.12. The van der Waals surface area contributed by atoms with Crippen LogP contribution in [-0.4, -0.2) is 4.57 Å². The van der Waals surface area contributed by atoms with Gasteiger partial charge in [0.15, 0.2) is 0 Å². The predicted octanol–water partition coefficient (Wildman–Crippen LogP) is 20.6. The first-order valence-corrected chi connectivity index (χ1v) is 29.1. The Hall–Kier alpha value is -10.5. The van der Waals surface area contributed by atoms with Crippen molar-refractivity contribution in [2.75, 3.05) is 4.90 Å². The zero-order valence-corrected chi connectivity index (χ0v) is 45.7. The Balaban J connectivity index is 0.835. The second-order valence-electron chi connectivity index (χ2n) is 23.1. The van der Waals surface area contributed by atoms with Gasteiger partial charge in [-0.2, -0.15) is 0 Å². The zero-order chi connectivity index (χ0) is 54.5. The fourth-order valence-electron chi connectivity index (χ4n) is 15.7. The van der Waals surface area contributed by atoms with Gasteiger partial charge in [0.1, 0.15) is 0 Å². The molecule has 0 fully saturated rings. The molecule has 2 nitrogen and oxygen atoms in total. The van der Waals surface area contributed by atoms with E-state index in [1.165, 1.54) is 139 Å². The molecule has 13 aromatic carbocycles. The third kappa shape index (κ3) is 6.22. The van der Waals surface area contributed by atoms with E-state index >= 15 is 0 Å². The highest BCUT2D eigenvalue weighted by Crippen LogP contribution is 2.65. The molecule has 0 amide bonds. The topological polar surface area (TPSA) is 8.17 Å². The number of anilines is 3. The molecule has 0 N–H and O–H groups in total. The molecule has 0 bridgehead atoms. The predicted molar refractivity (Wildman–Crippen MR) is 344 cm³/mol. The quantitative estimate of drug-likeness (QED) is 0.161. The summed E-state index contributed by atoms with van der Waals surface area (Å²) in [5, 5.41) is 2.43. The van der Waals surface area contributed by atoms with Gasteiger partial charge in [0, 0.05) is 33.5 Å². The maximum Gasteiger partial charge on any atom is 0.0725 e. The maximum atomic E-state index is 2.52. The van der Waals surface area contributed by atoms with E-state index in [1.807, 2.05) is 0 Å². The standard InChI is InChI=1S/C81H52N2/c1-51-31-37-57(38-32-51)82(56-17-3-2-4-18-56)58-39-41-59(42-40-58)83-78-45-35-52(54-33-43-66-64-23-9-15-29-74(64)80(76(66)49-54)70-25-11-5-19-60(70)61-20-6-12-26-71(61)80)47-68(78)69-48-53(36-46-79(69)83)55-34-44-67-65-24-10-16-30-75(65)81(77(67)50-55)72-27-13-7-21-62(72)63-22-8-14-28-73(63)81/h2-50H,1H3. The van der Waals surface area contributed by atoms with Crippen LogP contribution in [0.1, 0.15) is 50.1 Å². The first-order valence-electron chi connectivity index (χ1n) is 29.1. The Kier molecular flexibility index (Phi) is 9.60. The Morgan fingerprint density at radius 3 is 0.940 bits per heavy atom. The van der Waals surface area contributed by atoms with Crippen LogP contribution < -0.4 is 4.90 Å². The zero-order valence-electron chi connectivity index (χ0n) is 45.7. The SMILES string of the molecule is Cc1ccc(N(c2ccccc2)c2ccc(-n3c4ccc(-c5ccc6c(c5)C5(c7ccccc7-c7ccccc75)c5ccccc5-6)cc4c4cc(-c5ccc6c(c5)C5(c7ccccc7-c7ccccc75)c5ccccc5-6)ccc43)cc2)cc1. The lowest BCUT2D eigenvalue weighted by atomic mass is 9.70. The molecule has 0 saturated carbocycles. The van der Waals surface area contributed by atoms with Crippen molar-refractivity contribution in [2.24, 2.45) is 0 Å². The van der Waals surface area contributed by atoms with E-state index in [4.69, 9.17) is 0 Å². The van der Waals surface area contributed by atoms with Crippen molar-refractivity contribution < 1.29 is 0 Å². The molecule has 386 valence electrons. The van der Waals surface area contributed by atoms with Gasteiger partial charge in [-0.25, -0.2) is 0 Å². The van der Waals surface area contributed by atoms with Crippen LogP contribution in [-0.2, 0) is 10.8 Å². The van der Waals surface area contributed by atoms with Crippen LogP contribution in [0.25, 0.3) is 94.3 Å². The maximum absolute atomic E-state index is 2.52. The lowest BCUT2D eigenvalue weighted by Crippen LogP contribution is -2.25. The number of aryl methyl sites for hydroxylation is 1. The van der Waals surface area contributed by atoms with Crippen LogP contribution in [0.15, 0.2) is 297 Å². The molecule has 0 aliphatic heterocycles. The minimum absolute atomic E-state index is 0.426. The van der Waals surface area contributed by atoms with Gasteiger partial charge >= 0.3 is 0 Å². The molecule has 0 unspecified atom stereocenters. The van der Waals surface area contributed by atoms with Crippen LogP contribution in [0, 0.1) is 6.92 Å². The van der Waals surface area contributed by atoms with Crippen LogP contribution in [0.5, 0.6) is 0 Å². The molecular formula is C81H52N2. The number of benzene rings is 13. The number of hydrogen-bond donors (Lipinski definition) is 0. The van der Waals surface area contributed by atoms with Crippen molar-refractivity contribution in [3.05, 3.63) is 347 Å². The van der Waals surface area contributed by atoms with E-state index in [9.17, 15) is 0 Å². The Bertz CT molecular complexity index is 4660. The molecule has 83 heavy (non-hydrogen) atoms. The monoisotopic (exact) mass is 1050 g/mol. The number of aromatic nitrogens is 1. The fraction of sp³-hybridized carbons (Fsp3) is 0.0370. The van der Waals surface area contributed by atoms with Gasteiger partial charge in [-0.1, -0.05) is 218 Å². The van der Waals surface area contributed by atoms with Crippen LogP contribution in [0.3, 0.4) is 0 Å². The summed E-state index contributed by atoms with van der Waals surface area (Å²) in [5.74, 6) is 0. The van der Waals surface area contributed by atoms with E-state index < -0.39 is 10.8 Å². The fourth-order valence-corrected chi connectivity index (χ4v) is 15.7. The van der Waals surface area contributed by atoms with E-state index in [0.717, 1.165) is 22.7 Å². The molecule has 0 radical (unpaired) electrons. The Morgan fingerprint density at radius 2 is 0.554 bits per heavy atom. The second kappa shape index (κ2) is 17.2. The van der Waals surface area contributed by atoms with Gasteiger partial charge in [0.25, 0.3) is 0 Å². The van der Waals surface area contributed by atoms with Gasteiger partial charge < -0.3 is 9.47 Å². The van der Waals surface area contributed by atoms with Crippen LogP contribution >= 0.6 is 0 Å². The molecule has 2 spiro atoms. The third-order valence-electron chi connectivity index (χ3n) is 19.1. The Morgan fingerprint density at radius 1 is 0.253 bits per heavy atom. The van der Waals surface area contributed by atoms with Gasteiger partial charge in [-0.3, -0.25) is 0 Å². The van der Waals surface area contributed by atoms with Gasteiger partial charge in [0.05, 0.1) is 21.9 Å². The molecule has 2 heteroatoms. The highest BCUT2D eigenvalue weighted by atomic mass is 15.1. The minimum atomic E-state index is -0.426. The molecule has 4 aliphatic rings. The summed E-state index contributed by atoms with van der Waals surface area (Å²) in [5.41, 5.74) is 33.3. The van der Waals surface area contributed by atoms with Crippen LogP contribution in [0.2, 0.25) is 0 Å². The number of rotatable bonds is 6. The average molecular weight is 1050 g/mol. The first-order chi connectivity index (χ1) is 41.1. The number of fused-ring (bicyclic) bond motifs is 23. The molecule has 0 saturated heterocycles. The van der Waals surface area contributed by atoms with Gasteiger partial charge in [-0.05, 0) is 203 Å². The summed E-state index contributed by atoms with van der Waals surface area (Å²) in [7, 11) is 0. The first kappa shape index (κ1) is 46.2. The highest BCUT2D eigenvalue weighted by Gasteiger charge is 2.53. The van der Waals surface area contributed by atoms with E-state index in [-0.39, 0.29) is 0 Å². The minimum Gasteiger partial charge on any atom is -0.311 e. The molecule has 4 aliphatic carbocycles. The normalized spacial score (nSPS) is 13.8. The van der Waals surface area contributed by atoms with E-state index in [2.05, 4.69) is 314 Å². The Labute approximate surface area is 483 Å². The van der Waals surface area contributed by atoms with E-state index in [1.54, 1.807) is 0 Å². The lowest BCUT2D eigenvalue weighted by Gasteiger charge is -2.30. The summed E-state index contributed by atoms with van der Waals surface area (Å²) >= 11 is 0. The van der Waals surface area contributed by atoms with Crippen molar-refractivity contribution in [1.29, 1.82) is 0 Å². The van der Waals surface area contributed by atoms with Crippen molar-refractivity contribution in [3.8, 4) is 72.4 Å². The molecule has 18 rings (SSSR count). The smallest absolute Gasteiger partial charge is 0.0725 e. The number of nitrogens with zero attached hydrogens (tertiary/aromatic N) is 2. The van der Waals surface area contributed by atoms with Crippen molar-refractivity contribution in [1.82, 2.24) is 4.57 Å². The molecular weight excluding hydrogens is 1000 g/mol. The summed E-state index contributed by atoms with van der Waals surface area (Å²) in [6.45, 7) is 2.15. The van der Waals surface area contributed by atoms with Gasteiger partial charge in [-0.15, -0.1) is 0 Å². The van der Waals surface area contributed by atoms with Crippen molar-refractivity contribution in [2.45, 2.75) is 17.8 Å². The van der Waals surface area contributed by atoms with Crippen molar-refractivity contribution in [3.63, 3.8) is 0 Å². The molecule has 0 atom stereocenters. The third-order valence-corrected chi connectivity index (χ3v) is 19.1. The lowest BCUT2D eigenvalue weighted by molar-refractivity contribution is 0.794. The van der Waals surface area contributed by atoms with Crippen molar-refractivity contribution >= 4 is 38.9 Å².